The molecule has 0 saturated heterocycles. The lowest BCUT2D eigenvalue weighted by Gasteiger charge is -2.29. The van der Waals surface area contributed by atoms with Crippen LogP contribution < -0.4 is 16.4 Å². The number of dihydropyridines is 1. The van der Waals surface area contributed by atoms with Crippen molar-refractivity contribution in [3.63, 3.8) is 0 Å². The highest BCUT2D eigenvalue weighted by atomic mass is 16.3. The lowest BCUT2D eigenvalue weighted by atomic mass is 10.1. The van der Waals surface area contributed by atoms with E-state index in [-0.39, 0.29) is 0 Å². The quantitative estimate of drug-likeness (QED) is 0.520. The number of nitrogens with one attached hydrogen (secondary N) is 2. The van der Waals surface area contributed by atoms with Crippen molar-refractivity contribution in [2.45, 2.75) is 59.0 Å². The summed E-state index contributed by atoms with van der Waals surface area (Å²) in [7, 11) is 0. The van der Waals surface area contributed by atoms with Crippen LogP contribution in [-0.2, 0) is 6.54 Å². The molecule has 148 valence electrons. The van der Waals surface area contributed by atoms with Crippen LogP contribution in [-0.4, -0.2) is 17.5 Å². The number of rotatable bonds is 11. The van der Waals surface area contributed by atoms with E-state index in [1.54, 1.807) is 6.26 Å². The maximum Gasteiger partial charge on any atom is 0.125 e. The van der Waals surface area contributed by atoms with Crippen molar-refractivity contribution in [2.24, 2.45) is 5.73 Å². The van der Waals surface area contributed by atoms with Crippen LogP contribution in [0.5, 0.6) is 0 Å². The first-order chi connectivity index (χ1) is 13.2. The van der Waals surface area contributed by atoms with Gasteiger partial charge in [-0.05, 0) is 25.8 Å². The zero-order chi connectivity index (χ0) is 19.5. The Morgan fingerprint density at radius 1 is 1.37 bits per heavy atom. The van der Waals surface area contributed by atoms with E-state index in [0.717, 1.165) is 48.6 Å². The van der Waals surface area contributed by atoms with Crippen molar-refractivity contribution < 1.29 is 4.42 Å². The van der Waals surface area contributed by atoms with Crippen LogP contribution in [0.25, 0.3) is 0 Å². The van der Waals surface area contributed by atoms with Gasteiger partial charge in [0, 0.05) is 24.0 Å². The SMILES string of the molecule is C/C=C\N(Cc1cc(NC/C(N)=C/CCC)co1)C1=CC=CC(CCC)N1. The Balaban J connectivity index is 1.96. The summed E-state index contributed by atoms with van der Waals surface area (Å²) in [6.45, 7) is 7.68. The maximum atomic E-state index is 6.00. The molecule has 4 N–H and O–H groups in total. The summed E-state index contributed by atoms with van der Waals surface area (Å²) in [5.41, 5.74) is 7.81. The average Bonchev–Trinajstić information content (AvgIpc) is 3.12. The molecule has 1 atom stereocenters. The number of hydrogen-bond acceptors (Lipinski definition) is 5. The first-order valence-corrected chi connectivity index (χ1v) is 9.96. The standard InChI is InChI=1S/C22H34N4O/c1-4-7-10-18(23)15-24-20-14-21(27-17-20)16-26(13-6-3)22-12-8-11-19(25-22)9-5-2/h6,8,10-14,17,19,24-25H,4-5,7,9,15-16,23H2,1-3H3/b13-6-,18-10-. The lowest BCUT2D eigenvalue weighted by Crippen LogP contribution is -2.35. The summed E-state index contributed by atoms with van der Waals surface area (Å²) < 4.78 is 5.75. The lowest BCUT2D eigenvalue weighted by molar-refractivity contribution is 0.355. The van der Waals surface area contributed by atoms with Crippen LogP contribution in [0.1, 0.15) is 52.2 Å². The molecule has 1 aromatic rings. The van der Waals surface area contributed by atoms with Gasteiger partial charge in [-0.15, -0.1) is 0 Å². The van der Waals surface area contributed by atoms with Gasteiger partial charge < -0.3 is 25.7 Å². The van der Waals surface area contributed by atoms with Crippen LogP contribution in [0.15, 0.2) is 64.8 Å². The minimum absolute atomic E-state index is 0.384. The van der Waals surface area contributed by atoms with Crippen molar-refractivity contribution in [1.29, 1.82) is 0 Å². The van der Waals surface area contributed by atoms with Crippen LogP contribution in [0.2, 0.25) is 0 Å². The molecule has 0 aromatic carbocycles. The van der Waals surface area contributed by atoms with Crippen molar-refractivity contribution >= 4 is 5.69 Å². The highest BCUT2D eigenvalue weighted by molar-refractivity contribution is 5.42. The number of hydrogen-bond donors (Lipinski definition) is 3. The summed E-state index contributed by atoms with van der Waals surface area (Å²) in [6.07, 6.45) is 18.8. The average molecular weight is 371 g/mol. The van der Waals surface area contributed by atoms with Crippen molar-refractivity contribution in [3.8, 4) is 0 Å². The van der Waals surface area contributed by atoms with Gasteiger partial charge in [-0.2, -0.15) is 0 Å². The van der Waals surface area contributed by atoms with Crippen molar-refractivity contribution in [3.05, 3.63) is 66.2 Å². The second-order valence-corrected chi connectivity index (χ2v) is 6.81. The van der Waals surface area contributed by atoms with Gasteiger partial charge in [0.15, 0.2) is 0 Å². The van der Waals surface area contributed by atoms with E-state index in [9.17, 15) is 0 Å². The molecule has 5 heteroatoms. The number of anilines is 1. The Kier molecular flexibility index (Phi) is 8.62. The van der Waals surface area contributed by atoms with E-state index in [1.165, 1.54) is 0 Å². The van der Waals surface area contributed by atoms with Gasteiger partial charge in [0.25, 0.3) is 0 Å². The predicted octanol–water partition coefficient (Wildman–Crippen LogP) is 4.84. The molecule has 2 rings (SSSR count). The summed E-state index contributed by atoms with van der Waals surface area (Å²) in [5, 5.41) is 6.91. The zero-order valence-electron chi connectivity index (χ0n) is 16.9. The molecule has 0 amide bonds. The molecule has 1 unspecified atom stereocenters. The first kappa shape index (κ1) is 20.7. The Hall–Kier alpha value is -2.56. The fourth-order valence-electron chi connectivity index (χ4n) is 2.95. The summed E-state index contributed by atoms with van der Waals surface area (Å²) >= 11 is 0. The van der Waals surface area contributed by atoms with Gasteiger partial charge in [-0.25, -0.2) is 0 Å². The Bertz CT molecular complexity index is 684. The Labute approximate surface area is 163 Å². The minimum Gasteiger partial charge on any atom is -0.465 e. The third-order valence-electron chi connectivity index (χ3n) is 4.34. The van der Waals surface area contributed by atoms with Crippen molar-refractivity contribution in [1.82, 2.24) is 10.2 Å². The summed E-state index contributed by atoms with van der Waals surface area (Å²) in [6, 6.07) is 2.42. The molecule has 0 aliphatic carbocycles. The highest BCUT2D eigenvalue weighted by Gasteiger charge is 2.15. The van der Waals surface area contributed by atoms with E-state index < -0.39 is 0 Å². The van der Waals surface area contributed by atoms with E-state index in [4.69, 9.17) is 10.2 Å². The number of allylic oxidation sites excluding steroid dienone is 4. The van der Waals surface area contributed by atoms with Crippen LogP contribution in [0.4, 0.5) is 5.69 Å². The molecule has 0 fully saturated rings. The smallest absolute Gasteiger partial charge is 0.125 e. The van der Waals surface area contributed by atoms with Gasteiger partial charge in [-0.3, -0.25) is 0 Å². The van der Waals surface area contributed by atoms with Gasteiger partial charge in [0.1, 0.15) is 17.8 Å². The van der Waals surface area contributed by atoms with Crippen LogP contribution in [0.3, 0.4) is 0 Å². The second kappa shape index (κ2) is 11.2. The summed E-state index contributed by atoms with van der Waals surface area (Å²) in [5.74, 6) is 1.99. The van der Waals surface area contributed by atoms with Crippen LogP contribution >= 0.6 is 0 Å². The molecule has 1 aromatic heterocycles. The van der Waals surface area contributed by atoms with Crippen molar-refractivity contribution in [2.75, 3.05) is 11.9 Å². The Morgan fingerprint density at radius 2 is 2.22 bits per heavy atom. The number of nitrogens with two attached hydrogens (primary N) is 1. The molecule has 0 bridgehead atoms. The van der Waals surface area contributed by atoms with Gasteiger partial charge in [-0.1, -0.05) is 51.0 Å². The normalized spacial score (nSPS) is 17.1. The molecule has 2 heterocycles. The first-order valence-electron chi connectivity index (χ1n) is 9.96. The number of unbranched alkanes of at least 4 members (excludes halogenated alkanes) is 1. The predicted molar refractivity (Wildman–Crippen MR) is 114 cm³/mol. The van der Waals surface area contributed by atoms with E-state index >= 15 is 0 Å². The fourth-order valence-corrected chi connectivity index (χ4v) is 2.95. The molecule has 0 radical (unpaired) electrons. The molecule has 0 saturated carbocycles. The largest absolute Gasteiger partial charge is 0.465 e. The summed E-state index contributed by atoms with van der Waals surface area (Å²) in [4.78, 5) is 2.17. The monoisotopic (exact) mass is 370 g/mol. The van der Waals surface area contributed by atoms with E-state index in [2.05, 4.69) is 59.9 Å². The molecule has 27 heavy (non-hydrogen) atoms. The third-order valence-corrected chi connectivity index (χ3v) is 4.34. The van der Waals surface area contributed by atoms with Gasteiger partial charge >= 0.3 is 0 Å². The number of furan rings is 1. The highest BCUT2D eigenvalue weighted by Crippen LogP contribution is 2.19. The van der Waals surface area contributed by atoms with Gasteiger partial charge in [0.05, 0.1) is 18.8 Å². The maximum absolute atomic E-state index is 6.00. The third kappa shape index (κ3) is 6.93. The van der Waals surface area contributed by atoms with Crippen LogP contribution in [0, 0.1) is 0 Å². The molecule has 0 spiro atoms. The fraction of sp³-hybridized carbons (Fsp3) is 0.455. The molecular weight excluding hydrogens is 336 g/mol. The van der Waals surface area contributed by atoms with E-state index in [1.807, 2.05) is 19.1 Å². The zero-order valence-corrected chi connectivity index (χ0v) is 16.9. The Morgan fingerprint density at radius 3 is 2.96 bits per heavy atom. The number of nitrogens with zero attached hydrogens (tertiary/aromatic N) is 1. The van der Waals surface area contributed by atoms with Gasteiger partial charge in [0.2, 0.25) is 0 Å². The molecule has 5 nitrogen and oxygen atoms in total. The minimum atomic E-state index is 0.384. The topological polar surface area (TPSA) is 66.5 Å². The molecular formula is C22H34N4O. The molecule has 1 aliphatic heterocycles. The van der Waals surface area contributed by atoms with E-state index in [0.29, 0.717) is 19.1 Å². The molecule has 1 aliphatic rings. The second-order valence-electron chi connectivity index (χ2n) is 6.81.